The Morgan fingerprint density at radius 1 is 1.57 bits per heavy atom. The van der Waals surface area contributed by atoms with Crippen molar-refractivity contribution in [3.63, 3.8) is 0 Å². The summed E-state index contributed by atoms with van der Waals surface area (Å²) < 4.78 is 0. The van der Waals surface area contributed by atoms with Gasteiger partial charge in [0.1, 0.15) is 0 Å². The molecule has 2 rings (SSSR count). The molecule has 1 amide bonds. The van der Waals surface area contributed by atoms with Crippen LogP contribution < -0.4 is 5.32 Å². The molecule has 1 aliphatic rings. The summed E-state index contributed by atoms with van der Waals surface area (Å²) >= 11 is 0. The maximum Gasteiger partial charge on any atom is 0.223 e. The zero-order valence-corrected chi connectivity index (χ0v) is 8.12. The van der Waals surface area contributed by atoms with Crippen LogP contribution in [-0.4, -0.2) is 16.1 Å². The Hall–Kier alpha value is -1.32. The van der Waals surface area contributed by atoms with Gasteiger partial charge >= 0.3 is 0 Å². The number of carbonyl (C=O) groups excluding carboxylic acids is 1. The third kappa shape index (κ3) is 2.13. The van der Waals surface area contributed by atoms with Gasteiger partial charge in [-0.3, -0.25) is 9.89 Å². The molecule has 4 nitrogen and oxygen atoms in total. The van der Waals surface area contributed by atoms with Crippen molar-refractivity contribution in [1.29, 1.82) is 0 Å². The molecule has 0 spiro atoms. The van der Waals surface area contributed by atoms with Crippen LogP contribution in [0, 0.1) is 5.92 Å². The highest BCUT2D eigenvalue weighted by molar-refractivity contribution is 5.78. The predicted octanol–water partition coefficient (Wildman–Crippen LogP) is 1.22. The van der Waals surface area contributed by atoms with E-state index in [0.29, 0.717) is 6.54 Å². The lowest BCUT2D eigenvalue weighted by atomic mass is 10.1. The van der Waals surface area contributed by atoms with Crippen molar-refractivity contribution >= 4 is 5.91 Å². The summed E-state index contributed by atoms with van der Waals surface area (Å²) in [6.07, 6.45) is 6.19. The monoisotopic (exact) mass is 193 g/mol. The van der Waals surface area contributed by atoms with Crippen LogP contribution >= 0.6 is 0 Å². The van der Waals surface area contributed by atoms with E-state index in [1.54, 1.807) is 6.20 Å². The molecule has 1 aromatic heterocycles. The summed E-state index contributed by atoms with van der Waals surface area (Å²) in [6.45, 7) is 0.565. The SMILES string of the molecule is O=C(NCc1ccn[nH]1)C1CCCC1. The summed E-state index contributed by atoms with van der Waals surface area (Å²) in [4.78, 5) is 11.6. The second kappa shape index (κ2) is 4.26. The van der Waals surface area contributed by atoms with Crippen molar-refractivity contribution in [3.05, 3.63) is 18.0 Å². The van der Waals surface area contributed by atoms with Gasteiger partial charge in [-0.25, -0.2) is 0 Å². The van der Waals surface area contributed by atoms with Gasteiger partial charge in [0.15, 0.2) is 0 Å². The van der Waals surface area contributed by atoms with E-state index in [9.17, 15) is 4.79 Å². The van der Waals surface area contributed by atoms with Gasteiger partial charge in [-0.05, 0) is 18.9 Å². The van der Waals surface area contributed by atoms with Crippen molar-refractivity contribution in [2.24, 2.45) is 5.92 Å². The van der Waals surface area contributed by atoms with Crippen LogP contribution in [0.1, 0.15) is 31.4 Å². The van der Waals surface area contributed by atoms with E-state index in [-0.39, 0.29) is 11.8 Å². The third-order valence-corrected chi connectivity index (χ3v) is 2.74. The number of amides is 1. The van der Waals surface area contributed by atoms with Crippen LogP contribution in [0.2, 0.25) is 0 Å². The van der Waals surface area contributed by atoms with Gasteiger partial charge in [-0.15, -0.1) is 0 Å². The summed E-state index contributed by atoms with van der Waals surface area (Å²) in [5, 5.41) is 9.56. The zero-order valence-electron chi connectivity index (χ0n) is 8.12. The van der Waals surface area contributed by atoms with Gasteiger partial charge < -0.3 is 5.32 Å². The van der Waals surface area contributed by atoms with Crippen LogP contribution in [-0.2, 0) is 11.3 Å². The van der Waals surface area contributed by atoms with Crippen molar-refractivity contribution in [2.45, 2.75) is 32.2 Å². The summed E-state index contributed by atoms with van der Waals surface area (Å²) in [6, 6.07) is 1.87. The van der Waals surface area contributed by atoms with E-state index in [2.05, 4.69) is 15.5 Å². The molecule has 4 heteroatoms. The van der Waals surface area contributed by atoms with Crippen molar-refractivity contribution < 1.29 is 4.79 Å². The minimum atomic E-state index is 0.192. The quantitative estimate of drug-likeness (QED) is 0.758. The molecule has 1 saturated carbocycles. The molecular weight excluding hydrogens is 178 g/mol. The molecule has 2 N–H and O–H groups in total. The fraction of sp³-hybridized carbons (Fsp3) is 0.600. The van der Waals surface area contributed by atoms with Gasteiger partial charge in [0, 0.05) is 12.1 Å². The van der Waals surface area contributed by atoms with E-state index in [1.165, 1.54) is 12.8 Å². The second-order valence-electron chi connectivity index (χ2n) is 3.78. The lowest BCUT2D eigenvalue weighted by Gasteiger charge is -2.08. The highest BCUT2D eigenvalue weighted by Crippen LogP contribution is 2.24. The fourth-order valence-electron chi connectivity index (χ4n) is 1.90. The number of hydrogen-bond donors (Lipinski definition) is 2. The highest BCUT2D eigenvalue weighted by atomic mass is 16.1. The van der Waals surface area contributed by atoms with Gasteiger partial charge in [0.05, 0.1) is 12.2 Å². The highest BCUT2D eigenvalue weighted by Gasteiger charge is 2.21. The van der Waals surface area contributed by atoms with Crippen LogP contribution in [0.4, 0.5) is 0 Å². The van der Waals surface area contributed by atoms with Crippen LogP contribution in [0.15, 0.2) is 12.3 Å². The van der Waals surface area contributed by atoms with Gasteiger partial charge in [0.2, 0.25) is 5.91 Å². The van der Waals surface area contributed by atoms with Gasteiger partial charge in [-0.2, -0.15) is 5.10 Å². The molecule has 1 aromatic rings. The first-order chi connectivity index (χ1) is 6.86. The van der Waals surface area contributed by atoms with Gasteiger partial charge in [-0.1, -0.05) is 12.8 Å². The minimum absolute atomic E-state index is 0.192. The normalized spacial score (nSPS) is 17.1. The predicted molar refractivity (Wildman–Crippen MR) is 52.4 cm³/mol. The lowest BCUT2D eigenvalue weighted by molar-refractivity contribution is -0.124. The Labute approximate surface area is 83.1 Å². The standard InChI is InChI=1S/C10H15N3O/c14-10(8-3-1-2-4-8)11-7-9-5-6-12-13-9/h5-6,8H,1-4,7H2,(H,11,14)(H,12,13). The molecule has 14 heavy (non-hydrogen) atoms. The molecule has 0 aliphatic heterocycles. The zero-order chi connectivity index (χ0) is 9.80. The number of nitrogens with zero attached hydrogens (tertiary/aromatic N) is 1. The van der Waals surface area contributed by atoms with Crippen molar-refractivity contribution in [3.8, 4) is 0 Å². The van der Waals surface area contributed by atoms with Crippen molar-refractivity contribution in [1.82, 2.24) is 15.5 Å². The molecule has 0 aromatic carbocycles. The van der Waals surface area contributed by atoms with E-state index in [0.717, 1.165) is 18.5 Å². The van der Waals surface area contributed by atoms with Crippen LogP contribution in [0.3, 0.4) is 0 Å². The van der Waals surface area contributed by atoms with E-state index in [4.69, 9.17) is 0 Å². The first-order valence-electron chi connectivity index (χ1n) is 5.12. The number of aromatic nitrogens is 2. The molecule has 0 radical (unpaired) electrons. The number of hydrogen-bond acceptors (Lipinski definition) is 2. The maximum absolute atomic E-state index is 11.6. The first-order valence-corrected chi connectivity index (χ1v) is 5.12. The molecule has 0 unspecified atom stereocenters. The first kappa shape index (κ1) is 9.24. The maximum atomic E-state index is 11.6. The summed E-state index contributed by atoms with van der Waals surface area (Å²) in [7, 11) is 0. The van der Waals surface area contributed by atoms with E-state index >= 15 is 0 Å². The Morgan fingerprint density at radius 3 is 3.00 bits per heavy atom. The number of carbonyl (C=O) groups is 1. The average molecular weight is 193 g/mol. The second-order valence-corrected chi connectivity index (χ2v) is 3.78. The number of nitrogens with one attached hydrogen (secondary N) is 2. The van der Waals surface area contributed by atoms with Gasteiger partial charge in [0.25, 0.3) is 0 Å². The molecule has 1 fully saturated rings. The van der Waals surface area contributed by atoms with Crippen molar-refractivity contribution in [2.75, 3.05) is 0 Å². The number of H-pyrrole nitrogens is 1. The fourth-order valence-corrected chi connectivity index (χ4v) is 1.90. The molecular formula is C10H15N3O. The number of aromatic amines is 1. The molecule has 0 bridgehead atoms. The molecule has 1 heterocycles. The Balaban J connectivity index is 1.77. The number of rotatable bonds is 3. The van der Waals surface area contributed by atoms with E-state index < -0.39 is 0 Å². The van der Waals surface area contributed by atoms with E-state index in [1.807, 2.05) is 6.07 Å². The minimum Gasteiger partial charge on any atom is -0.350 e. The third-order valence-electron chi connectivity index (χ3n) is 2.74. The average Bonchev–Trinajstić information content (AvgIpc) is 2.87. The summed E-state index contributed by atoms with van der Waals surface area (Å²) in [5.74, 6) is 0.440. The topological polar surface area (TPSA) is 57.8 Å². The molecule has 0 atom stereocenters. The van der Waals surface area contributed by atoms with Crippen LogP contribution in [0.5, 0.6) is 0 Å². The largest absolute Gasteiger partial charge is 0.350 e. The Kier molecular flexibility index (Phi) is 2.81. The Morgan fingerprint density at radius 2 is 2.36 bits per heavy atom. The lowest BCUT2D eigenvalue weighted by Crippen LogP contribution is -2.28. The smallest absolute Gasteiger partial charge is 0.223 e. The molecule has 76 valence electrons. The summed E-state index contributed by atoms with van der Waals surface area (Å²) in [5.41, 5.74) is 0.955. The molecule has 1 aliphatic carbocycles. The van der Waals surface area contributed by atoms with Crippen LogP contribution in [0.25, 0.3) is 0 Å². The molecule has 0 saturated heterocycles. The Bertz CT molecular complexity index is 288.